The number of halogens is 4. The molecule has 0 saturated carbocycles. The monoisotopic (exact) mass is 297 g/mol. The van der Waals surface area contributed by atoms with Gasteiger partial charge >= 0.3 is 6.36 Å². The SMILES string of the molecule is N#Cc1c(Cl)cccc1-c1ccccc1OC(F)(F)F. The Morgan fingerprint density at radius 3 is 2.30 bits per heavy atom. The molecule has 2 nitrogen and oxygen atoms in total. The second-order valence-corrected chi connectivity index (χ2v) is 4.23. The Hall–Kier alpha value is -2.19. The van der Waals surface area contributed by atoms with Crippen molar-refractivity contribution < 1.29 is 17.9 Å². The van der Waals surface area contributed by atoms with Crippen LogP contribution in [-0.4, -0.2) is 6.36 Å². The van der Waals surface area contributed by atoms with Gasteiger partial charge in [-0.15, -0.1) is 13.2 Å². The van der Waals surface area contributed by atoms with E-state index in [1.54, 1.807) is 12.1 Å². The van der Waals surface area contributed by atoms with Crippen molar-refractivity contribution in [3.8, 4) is 22.9 Å². The highest BCUT2D eigenvalue weighted by atomic mass is 35.5. The van der Waals surface area contributed by atoms with E-state index in [2.05, 4.69) is 4.74 Å². The number of ether oxygens (including phenoxy) is 1. The third-order valence-corrected chi connectivity index (χ3v) is 2.84. The fourth-order valence-electron chi connectivity index (χ4n) is 1.77. The molecule has 6 heteroatoms. The van der Waals surface area contributed by atoms with Crippen LogP contribution in [0.25, 0.3) is 11.1 Å². The molecular weight excluding hydrogens is 291 g/mol. The van der Waals surface area contributed by atoms with Crippen LogP contribution in [0.1, 0.15) is 5.56 Å². The van der Waals surface area contributed by atoms with Crippen LogP contribution in [0.2, 0.25) is 5.02 Å². The minimum Gasteiger partial charge on any atom is -0.405 e. The molecule has 0 aromatic heterocycles. The fourth-order valence-corrected chi connectivity index (χ4v) is 1.98. The fraction of sp³-hybridized carbons (Fsp3) is 0.0714. The van der Waals surface area contributed by atoms with Gasteiger partial charge in [0.25, 0.3) is 0 Å². The van der Waals surface area contributed by atoms with Crippen molar-refractivity contribution in [1.29, 1.82) is 5.26 Å². The molecule has 0 spiro atoms. The molecule has 2 aromatic carbocycles. The summed E-state index contributed by atoms with van der Waals surface area (Å²) < 4.78 is 41.1. The van der Waals surface area contributed by atoms with Gasteiger partial charge in [-0.05, 0) is 12.1 Å². The highest BCUT2D eigenvalue weighted by Crippen LogP contribution is 2.37. The maximum absolute atomic E-state index is 12.4. The van der Waals surface area contributed by atoms with E-state index in [4.69, 9.17) is 16.9 Å². The van der Waals surface area contributed by atoms with E-state index in [-0.39, 0.29) is 21.9 Å². The zero-order valence-corrected chi connectivity index (χ0v) is 10.7. The van der Waals surface area contributed by atoms with Crippen LogP contribution in [0.3, 0.4) is 0 Å². The summed E-state index contributed by atoms with van der Waals surface area (Å²) in [6, 6.07) is 12.1. The highest BCUT2D eigenvalue weighted by Gasteiger charge is 2.32. The van der Waals surface area contributed by atoms with Crippen LogP contribution in [0.15, 0.2) is 42.5 Å². The predicted octanol–water partition coefficient (Wildman–Crippen LogP) is 4.78. The Morgan fingerprint density at radius 1 is 1.00 bits per heavy atom. The molecule has 0 atom stereocenters. The smallest absolute Gasteiger partial charge is 0.405 e. The van der Waals surface area contributed by atoms with E-state index < -0.39 is 6.36 Å². The maximum atomic E-state index is 12.4. The van der Waals surface area contributed by atoms with E-state index >= 15 is 0 Å². The molecule has 0 aliphatic carbocycles. The Bertz CT molecular complexity index is 677. The van der Waals surface area contributed by atoms with Crippen LogP contribution in [0.5, 0.6) is 5.75 Å². The minimum atomic E-state index is -4.80. The Morgan fingerprint density at radius 2 is 1.65 bits per heavy atom. The van der Waals surface area contributed by atoms with E-state index in [1.807, 2.05) is 6.07 Å². The largest absolute Gasteiger partial charge is 0.573 e. The van der Waals surface area contributed by atoms with E-state index in [9.17, 15) is 13.2 Å². The van der Waals surface area contributed by atoms with Crippen molar-refractivity contribution >= 4 is 11.6 Å². The number of nitrogens with zero attached hydrogens (tertiary/aromatic N) is 1. The summed E-state index contributed by atoms with van der Waals surface area (Å²) in [5.41, 5.74) is 0.552. The van der Waals surface area contributed by atoms with Crippen molar-refractivity contribution in [1.82, 2.24) is 0 Å². The van der Waals surface area contributed by atoms with Gasteiger partial charge in [0.15, 0.2) is 0 Å². The molecule has 0 amide bonds. The lowest BCUT2D eigenvalue weighted by molar-refractivity contribution is -0.274. The molecular formula is C14H7ClF3NO. The van der Waals surface area contributed by atoms with Crippen molar-refractivity contribution in [3.05, 3.63) is 53.1 Å². The third-order valence-electron chi connectivity index (χ3n) is 2.53. The molecule has 0 fully saturated rings. The van der Waals surface area contributed by atoms with E-state index in [0.29, 0.717) is 5.56 Å². The predicted molar refractivity (Wildman–Crippen MR) is 68.3 cm³/mol. The number of nitriles is 1. The number of alkyl halides is 3. The normalized spacial score (nSPS) is 10.9. The maximum Gasteiger partial charge on any atom is 0.573 e. The van der Waals surface area contributed by atoms with Gasteiger partial charge in [-0.1, -0.05) is 41.9 Å². The Labute approximate surface area is 118 Å². The van der Waals surface area contributed by atoms with Crippen molar-refractivity contribution in [2.75, 3.05) is 0 Å². The summed E-state index contributed by atoms with van der Waals surface area (Å²) in [5, 5.41) is 9.26. The Balaban J connectivity index is 2.60. The lowest BCUT2D eigenvalue weighted by Crippen LogP contribution is -2.17. The van der Waals surface area contributed by atoms with Gasteiger partial charge in [0, 0.05) is 11.1 Å². The van der Waals surface area contributed by atoms with Gasteiger partial charge in [0.1, 0.15) is 11.8 Å². The number of benzene rings is 2. The summed E-state index contributed by atoms with van der Waals surface area (Å²) in [6.45, 7) is 0. The van der Waals surface area contributed by atoms with Gasteiger partial charge in [-0.25, -0.2) is 0 Å². The third kappa shape index (κ3) is 3.03. The average molecular weight is 298 g/mol. The van der Waals surface area contributed by atoms with E-state index in [1.165, 1.54) is 30.3 Å². The minimum absolute atomic E-state index is 0.104. The molecule has 0 unspecified atom stereocenters. The molecule has 102 valence electrons. The van der Waals surface area contributed by atoms with Crippen molar-refractivity contribution in [2.24, 2.45) is 0 Å². The second-order valence-electron chi connectivity index (χ2n) is 3.82. The molecule has 0 bridgehead atoms. The number of para-hydroxylation sites is 1. The van der Waals surface area contributed by atoms with Crippen LogP contribution in [0.4, 0.5) is 13.2 Å². The number of hydrogen-bond donors (Lipinski definition) is 0. The summed E-state index contributed by atoms with van der Waals surface area (Å²) >= 11 is 5.88. The van der Waals surface area contributed by atoms with Crippen LogP contribution >= 0.6 is 11.6 Å². The molecule has 0 aliphatic rings. The topological polar surface area (TPSA) is 33.0 Å². The van der Waals surface area contributed by atoms with Crippen LogP contribution < -0.4 is 4.74 Å². The lowest BCUT2D eigenvalue weighted by atomic mass is 9.99. The zero-order valence-electron chi connectivity index (χ0n) is 9.91. The average Bonchev–Trinajstić information content (AvgIpc) is 2.37. The van der Waals surface area contributed by atoms with Crippen molar-refractivity contribution in [3.63, 3.8) is 0 Å². The summed E-state index contributed by atoms with van der Waals surface area (Å²) in [7, 11) is 0. The second kappa shape index (κ2) is 5.43. The van der Waals surface area contributed by atoms with Crippen LogP contribution in [-0.2, 0) is 0 Å². The molecule has 0 heterocycles. The highest BCUT2D eigenvalue weighted by molar-refractivity contribution is 6.32. The van der Waals surface area contributed by atoms with Gasteiger partial charge in [0.05, 0.1) is 10.6 Å². The molecule has 0 radical (unpaired) electrons. The number of hydrogen-bond acceptors (Lipinski definition) is 2. The lowest BCUT2D eigenvalue weighted by Gasteiger charge is -2.14. The van der Waals surface area contributed by atoms with Gasteiger partial charge < -0.3 is 4.74 Å². The molecule has 0 N–H and O–H groups in total. The molecule has 2 rings (SSSR count). The molecule has 0 aliphatic heterocycles. The molecule has 2 aromatic rings. The van der Waals surface area contributed by atoms with E-state index in [0.717, 1.165) is 0 Å². The van der Waals surface area contributed by atoms with Crippen molar-refractivity contribution in [2.45, 2.75) is 6.36 Å². The first-order valence-corrected chi connectivity index (χ1v) is 5.84. The first-order chi connectivity index (χ1) is 9.42. The zero-order chi connectivity index (χ0) is 14.8. The molecule has 0 saturated heterocycles. The summed E-state index contributed by atoms with van der Waals surface area (Å²) in [5.74, 6) is -0.376. The summed E-state index contributed by atoms with van der Waals surface area (Å²) in [6.07, 6.45) is -4.80. The van der Waals surface area contributed by atoms with Gasteiger partial charge in [-0.2, -0.15) is 5.26 Å². The first-order valence-electron chi connectivity index (χ1n) is 5.46. The summed E-state index contributed by atoms with van der Waals surface area (Å²) in [4.78, 5) is 0. The van der Waals surface area contributed by atoms with Crippen LogP contribution in [0, 0.1) is 11.3 Å². The standard InChI is InChI=1S/C14H7ClF3NO/c15-12-6-3-5-9(11(12)8-19)10-4-1-2-7-13(10)20-14(16,17)18/h1-7H. The quantitative estimate of drug-likeness (QED) is 0.799. The van der Waals surface area contributed by atoms with Gasteiger partial charge in [0.2, 0.25) is 0 Å². The Kier molecular flexibility index (Phi) is 3.86. The first kappa shape index (κ1) is 14.2. The number of rotatable bonds is 2. The molecule has 20 heavy (non-hydrogen) atoms. The van der Waals surface area contributed by atoms with Gasteiger partial charge in [-0.3, -0.25) is 0 Å².